The SMILES string of the molecule is COc1ncccc1C1=C(COc2ccc(Cl)c(O)c2C=O)CCCC1. The Balaban J connectivity index is 1.91. The van der Waals surface area contributed by atoms with Crippen LogP contribution in [0.3, 0.4) is 0 Å². The topological polar surface area (TPSA) is 68.7 Å². The Kier molecular flexibility index (Phi) is 5.78. The summed E-state index contributed by atoms with van der Waals surface area (Å²) in [5.41, 5.74) is 3.36. The number of halogens is 1. The molecule has 0 saturated carbocycles. The predicted molar refractivity (Wildman–Crippen MR) is 100 cm³/mol. The minimum absolute atomic E-state index is 0.0643. The maximum Gasteiger partial charge on any atom is 0.220 e. The maximum atomic E-state index is 11.3. The standard InChI is InChI=1S/C20H20ClNO4/c1-25-20-15(7-4-10-22-20)14-6-3-2-5-13(14)12-26-18-9-8-17(21)19(24)16(18)11-23/h4,7-11,24H,2-3,5-6,12H2,1H3. The van der Waals surface area contributed by atoms with E-state index in [1.54, 1.807) is 19.4 Å². The lowest BCUT2D eigenvalue weighted by Gasteiger charge is -2.22. The number of phenols is 1. The average Bonchev–Trinajstić information content (AvgIpc) is 2.69. The van der Waals surface area contributed by atoms with Crippen LogP contribution < -0.4 is 9.47 Å². The predicted octanol–water partition coefficient (Wildman–Crippen LogP) is 4.67. The van der Waals surface area contributed by atoms with Crippen molar-refractivity contribution in [3.05, 3.63) is 52.2 Å². The third-order valence-corrected chi connectivity index (χ3v) is 4.82. The van der Waals surface area contributed by atoms with Crippen molar-refractivity contribution in [1.82, 2.24) is 4.98 Å². The summed E-state index contributed by atoms with van der Waals surface area (Å²) in [6.45, 7) is 0.329. The summed E-state index contributed by atoms with van der Waals surface area (Å²) < 4.78 is 11.3. The van der Waals surface area contributed by atoms with E-state index in [2.05, 4.69) is 4.98 Å². The first-order chi connectivity index (χ1) is 12.7. The van der Waals surface area contributed by atoms with Crippen LogP contribution in [0.15, 0.2) is 36.0 Å². The zero-order valence-corrected chi connectivity index (χ0v) is 15.3. The van der Waals surface area contributed by atoms with Crippen LogP contribution in [-0.4, -0.2) is 30.1 Å². The van der Waals surface area contributed by atoms with E-state index >= 15 is 0 Å². The molecule has 0 spiro atoms. The van der Waals surface area contributed by atoms with E-state index in [0.29, 0.717) is 24.5 Å². The molecule has 1 aliphatic rings. The first-order valence-electron chi connectivity index (χ1n) is 8.45. The Morgan fingerprint density at radius 3 is 2.85 bits per heavy atom. The molecule has 26 heavy (non-hydrogen) atoms. The van der Waals surface area contributed by atoms with Gasteiger partial charge in [-0.3, -0.25) is 4.79 Å². The van der Waals surface area contributed by atoms with Gasteiger partial charge in [0.2, 0.25) is 5.88 Å². The quantitative estimate of drug-likeness (QED) is 0.745. The van der Waals surface area contributed by atoms with Gasteiger partial charge in [0, 0.05) is 11.8 Å². The van der Waals surface area contributed by atoms with Crippen molar-refractivity contribution in [2.45, 2.75) is 25.7 Å². The lowest BCUT2D eigenvalue weighted by Crippen LogP contribution is -2.10. The molecular formula is C20H20ClNO4. The van der Waals surface area contributed by atoms with Gasteiger partial charge in [0.15, 0.2) is 6.29 Å². The van der Waals surface area contributed by atoms with E-state index in [1.807, 2.05) is 12.1 Å². The van der Waals surface area contributed by atoms with Crippen LogP contribution >= 0.6 is 11.6 Å². The fourth-order valence-corrected chi connectivity index (χ4v) is 3.37. The Labute approximate surface area is 157 Å². The fraction of sp³-hybridized carbons (Fsp3) is 0.300. The highest BCUT2D eigenvalue weighted by atomic mass is 35.5. The third-order valence-electron chi connectivity index (χ3n) is 4.52. The van der Waals surface area contributed by atoms with E-state index in [1.165, 1.54) is 11.6 Å². The van der Waals surface area contributed by atoms with E-state index < -0.39 is 0 Å². The first-order valence-corrected chi connectivity index (χ1v) is 8.83. The molecule has 1 heterocycles. The summed E-state index contributed by atoms with van der Waals surface area (Å²) in [7, 11) is 1.61. The number of aldehydes is 1. The highest BCUT2D eigenvalue weighted by Gasteiger charge is 2.19. The summed E-state index contributed by atoms with van der Waals surface area (Å²) in [6.07, 6.45) is 6.26. The molecule has 0 amide bonds. The van der Waals surface area contributed by atoms with Crippen LogP contribution in [0.2, 0.25) is 5.02 Å². The van der Waals surface area contributed by atoms with Crippen LogP contribution in [0, 0.1) is 0 Å². The molecule has 1 N–H and O–H groups in total. The molecule has 1 aliphatic carbocycles. The number of carbonyl (C=O) groups excluding carboxylic acids is 1. The molecule has 0 unspecified atom stereocenters. The van der Waals surface area contributed by atoms with Crippen molar-refractivity contribution in [1.29, 1.82) is 0 Å². The molecule has 0 atom stereocenters. The summed E-state index contributed by atoms with van der Waals surface area (Å²) in [6, 6.07) is 7.00. The Bertz CT molecular complexity index is 848. The summed E-state index contributed by atoms with van der Waals surface area (Å²) in [4.78, 5) is 15.6. The highest BCUT2D eigenvalue weighted by molar-refractivity contribution is 6.32. The number of ether oxygens (including phenoxy) is 2. The Hall–Kier alpha value is -2.53. The van der Waals surface area contributed by atoms with Gasteiger partial charge in [0.05, 0.1) is 17.7 Å². The zero-order valence-electron chi connectivity index (χ0n) is 14.5. The van der Waals surface area contributed by atoms with Gasteiger partial charge >= 0.3 is 0 Å². The van der Waals surface area contributed by atoms with Crippen LogP contribution in [0.5, 0.6) is 17.4 Å². The number of aromatic nitrogens is 1. The molecule has 5 nitrogen and oxygen atoms in total. The van der Waals surface area contributed by atoms with Gasteiger partial charge in [-0.2, -0.15) is 0 Å². The lowest BCUT2D eigenvalue weighted by atomic mass is 9.88. The van der Waals surface area contributed by atoms with Gasteiger partial charge in [-0.15, -0.1) is 0 Å². The second-order valence-electron chi connectivity index (χ2n) is 6.06. The summed E-state index contributed by atoms with van der Waals surface area (Å²) in [5, 5.41) is 10.1. The third kappa shape index (κ3) is 3.68. The molecule has 0 fully saturated rings. The normalized spacial score (nSPS) is 14.2. The van der Waals surface area contributed by atoms with Crippen molar-refractivity contribution in [3.63, 3.8) is 0 Å². The van der Waals surface area contributed by atoms with Crippen molar-refractivity contribution < 1.29 is 19.4 Å². The van der Waals surface area contributed by atoms with E-state index in [-0.39, 0.29) is 16.3 Å². The van der Waals surface area contributed by atoms with Crippen molar-refractivity contribution >= 4 is 23.5 Å². The smallest absolute Gasteiger partial charge is 0.220 e. The molecule has 0 aliphatic heterocycles. The molecule has 1 aromatic heterocycles. The van der Waals surface area contributed by atoms with Crippen molar-refractivity contribution in [2.24, 2.45) is 0 Å². The number of phenolic OH excluding ortho intramolecular Hbond substituents is 1. The zero-order chi connectivity index (χ0) is 18.5. The van der Waals surface area contributed by atoms with E-state index in [0.717, 1.165) is 36.8 Å². The number of benzene rings is 1. The second-order valence-corrected chi connectivity index (χ2v) is 6.47. The van der Waals surface area contributed by atoms with Crippen LogP contribution in [0.25, 0.3) is 5.57 Å². The number of allylic oxidation sites excluding steroid dienone is 1. The fourth-order valence-electron chi connectivity index (χ4n) is 3.20. The molecule has 2 aromatic rings. The van der Waals surface area contributed by atoms with Crippen molar-refractivity contribution in [2.75, 3.05) is 13.7 Å². The maximum absolute atomic E-state index is 11.3. The largest absolute Gasteiger partial charge is 0.505 e. The van der Waals surface area contributed by atoms with Gasteiger partial charge in [0.1, 0.15) is 18.1 Å². The van der Waals surface area contributed by atoms with Gasteiger partial charge in [0.25, 0.3) is 0 Å². The van der Waals surface area contributed by atoms with Crippen LogP contribution in [-0.2, 0) is 0 Å². The first kappa shape index (κ1) is 18.3. The van der Waals surface area contributed by atoms with Gasteiger partial charge in [-0.05, 0) is 61.1 Å². The summed E-state index contributed by atoms with van der Waals surface area (Å²) >= 11 is 5.86. The molecule has 6 heteroatoms. The number of nitrogens with zero attached hydrogens (tertiary/aromatic N) is 1. The number of methoxy groups -OCH3 is 1. The molecular weight excluding hydrogens is 354 g/mol. The van der Waals surface area contributed by atoms with Gasteiger partial charge < -0.3 is 14.6 Å². The Morgan fingerprint density at radius 2 is 2.08 bits per heavy atom. The number of pyridine rings is 1. The second kappa shape index (κ2) is 8.23. The number of rotatable bonds is 6. The molecule has 0 radical (unpaired) electrons. The molecule has 0 saturated heterocycles. The molecule has 3 rings (SSSR count). The Morgan fingerprint density at radius 1 is 1.27 bits per heavy atom. The number of aromatic hydroxyl groups is 1. The number of hydrogen-bond acceptors (Lipinski definition) is 5. The molecule has 136 valence electrons. The molecule has 1 aromatic carbocycles. The highest BCUT2D eigenvalue weighted by Crippen LogP contribution is 2.37. The summed E-state index contributed by atoms with van der Waals surface area (Å²) in [5.74, 6) is 0.656. The lowest BCUT2D eigenvalue weighted by molar-refractivity contribution is 0.111. The minimum atomic E-state index is -0.258. The van der Waals surface area contributed by atoms with Crippen LogP contribution in [0.1, 0.15) is 41.6 Å². The number of carbonyl (C=O) groups is 1. The number of hydrogen-bond donors (Lipinski definition) is 1. The van der Waals surface area contributed by atoms with E-state index in [9.17, 15) is 9.90 Å². The minimum Gasteiger partial charge on any atom is -0.505 e. The van der Waals surface area contributed by atoms with Gasteiger partial charge in [-0.1, -0.05) is 11.6 Å². The average molecular weight is 374 g/mol. The van der Waals surface area contributed by atoms with Crippen molar-refractivity contribution in [3.8, 4) is 17.4 Å². The van der Waals surface area contributed by atoms with Crippen LogP contribution in [0.4, 0.5) is 0 Å². The monoisotopic (exact) mass is 373 g/mol. The van der Waals surface area contributed by atoms with Gasteiger partial charge in [-0.25, -0.2) is 4.98 Å². The molecule has 0 bridgehead atoms. The van der Waals surface area contributed by atoms with E-state index in [4.69, 9.17) is 21.1 Å².